The summed E-state index contributed by atoms with van der Waals surface area (Å²) in [6, 6.07) is 12.2. The van der Waals surface area contributed by atoms with Crippen molar-refractivity contribution in [3.8, 4) is 16.9 Å². The van der Waals surface area contributed by atoms with Crippen LogP contribution in [-0.2, 0) is 0 Å². The van der Waals surface area contributed by atoms with Crippen LogP contribution in [0.1, 0.15) is 42.5 Å². The highest BCUT2D eigenvalue weighted by Crippen LogP contribution is 2.33. The number of aromatic nitrogens is 2. The molecule has 2 saturated carbocycles. The lowest BCUT2D eigenvalue weighted by Crippen LogP contribution is -2.35. The van der Waals surface area contributed by atoms with Gasteiger partial charge < -0.3 is 21.1 Å². The molecule has 0 bridgehead atoms. The number of hydrogen-bond donors (Lipinski definition) is 3. The standard InChI is InChI=1S/C24H27N5O2/c1-31-22-10-6-15(23(30)27-17-7-8-17)12-18(22)14-5-9-20-16(11-14)13-26-24(28-20)29-21-4-2-3-19(21)25/h5-6,9-13,17,19,21H,2-4,7-8,25H2,1H3,(H,27,30)(H,26,28,29). The number of nitrogens with one attached hydrogen (secondary N) is 2. The van der Waals surface area contributed by atoms with Crippen molar-refractivity contribution in [3.63, 3.8) is 0 Å². The van der Waals surface area contributed by atoms with Gasteiger partial charge in [-0.25, -0.2) is 9.97 Å². The van der Waals surface area contributed by atoms with Crippen LogP contribution in [0.15, 0.2) is 42.6 Å². The van der Waals surface area contributed by atoms with E-state index in [9.17, 15) is 4.79 Å². The Bertz CT molecular complexity index is 1130. The molecule has 1 amide bonds. The number of nitrogens with zero attached hydrogens (tertiary/aromatic N) is 2. The van der Waals surface area contributed by atoms with Crippen LogP contribution in [-0.4, -0.2) is 41.1 Å². The highest BCUT2D eigenvalue weighted by atomic mass is 16.5. The molecule has 0 aliphatic heterocycles. The zero-order chi connectivity index (χ0) is 21.4. The van der Waals surface area contributed by atoms with Gasteiger partial charge in [0.1, 0.15) is 5.75 Å². The molecule has 2 fully saturated rings. The van der Waals surface area contributed by atoms with Crippen molar-refractivity contribution in [3.05, 3.63) is 48.2 Å². The number of carbonyl (C=O) groups is 1. The largest absolute Gasteiger partial charge is 0.496 e. The van der Waals surface area contributed by atoms with E-state index >= 15 is 0 Å². The van der Waals surface area contributed by atoms with Gasteiger partial charge in [-0.3, -0.25) is 4.79 Å². The van der Waals surface area contributed by atoms with Crippen molar-refractivity contribution in [1.29, 1.82) is 0 Å². The lowest BCUT2D eigenvalue weighted by Gasteiger charge is -2.17. The molecule has 1 aromatic heterocycles. The van der Waals surface area contributed by atoms with Crippen LogP contribution in [0.2, 0.25) is 0 Å². The van der Waals surface area contributed by atoms with Crippen LogP contribution in [0.3, 0.4) is 0 Å². The lowest BCUT2D eigenvalue weighted by atomic mass is 10.00. The number of methoxy groups -OCH3 is 1. The van der Waals surface area contributed by atoms with Crippen molar-refractivity contribution < 1.29 is 9.53 Å². The van der Waals surface area contributed by atoms with Crippen LogP contribution in [0.25, 0.3) is 22.0 Å². The second kappa shape index (κ2) is 8.15. The Morgan fingerprint density at radius 3 is 2.74 bits per heavy atom. The van der Waals surface area contributed by atoms with E-state index in [-0.39, 0.29) is 18.0 Å². The Morgan fingerprint density at radius 2 is 2.00 bits per heavy atom. The van der Waals surface area contributed by atoms with Crippen LogP contribution in [0.4, 0.5) is 5.95 Å². The SMILES string of the molecule is COc1ccc(C(=O)NC2CC2)cc1-c1ccc2nc(NC3CCCC3N)ncc2c1. The highest BCUT2D eigenvalue weighted by molar-refractivity contribution is 5.97. The molecule has 1 heterocycles. The fourth-order valence-electron chi connectivity index (χ4n) is 4.18. The van der Waals surface area contributed by atoms with Gasteiger partial charge in [-0.2, -0.15) is 0 Å². The van der Waals surface area contributed by atoms with Gasteiger partial charge in [0, 0.05) is 40.8 Å². The molecule has 0 radical (unpaired) electrons. The average Bonchev–Trinajstić information content (AvgIpc) is 3.52. The molecule has 5 rings (SSSR count). The first-order valence-electron chi connectivity index (χ1n) is 10.9. The summed E-state index contributed by atoms with van der Waals surface area (Å²) in [6.07, 6.45) is 7.16. The number of hydrogen-bond acceptors (Lipinski definition) is 6. The normalized spacial score (nSPS) is 20.6. The van der Waals surface area contributed by atoms with E-state index in [1.165, 1.54) is 0 Å². The Hall–Kier alpha value is -3.19. The number of nitrogens with two attached hydrogens (primary N) is 1. The second-order valence-electron chi connectivity index (χ2n) is 8.48. The molecule has 3 aromatic rings. The van der Waals surface area contributed by atoms with Crippen molar-refractivity contribution >= 4 is 22.8 Å². The van der Waals surface area contributed by atoms with E-state index in [0.29, 0.717) is 17.6 Å². The Kier molecular flexibility index (Phi) is 5.19. The molecule has 160 valence electrons. The molecule has 7 heteroatoms. The molecule has 0 spiro atoms. The van der Waals surface area contributed by atoms with Gasteiger partial charge in [-0.1, -0.05) is 6.07 Å². The maximum atomic E-state index is 12.5. The van der Waals surface area contributed by atoms with Gasteiger partial charge in [-0.15, -0.1) is 0 Å². The average molecular weight is 418 g/mol. The lowest BCUT2D eigenvalue weighted by molar-refractivity contribution is 0.0951. The minimum atomic E-state index is -0.0450. The Morgan fingerprint density at radius 1 is 1.13 bits per heavy atom. The number of carbonyl (C=O) groups excluding carboxylic acids is 1. The fourth-order valence-corrected chi connectivity index (χ4v) is 4.18. The second-order valence-corrected chi connectivity index (χ2v) is 8.48. The molecule has 2 aliphatic carbocycles. The highest BCUT2D eigenvalue weighted by Gasteiger charge is 2.25. The third-order valence-electron chi connectivity index (χ3n) is 6.15. The molecule has 2 aliphatic rings. The molecule has 2 atom stereocenters. The summed E-state index contributed by atoms with van der Waals surface area (Å²) in [6.45, 7) is 0. The number of amides is 1. The predicted molar refractivity (Wildman–Crippen MR) is 121 cm³/mol. The molecule has 7 nitrogen and oxygen atoms in total. The quantitative estimate of drug-likeness (QED) is 0.567. The summed E-state index contributed by atoms with van der Waals surface area (Å²) in [5.74, 6) is 1.28. The summed E-state index contributed by atoms with van der Waals surface area (Å²) in [5.41, 5.74) is 9.46. The summed E-state index contributed by atoms with van der Waals surface area (Å²) in [7, 11) is 1.64. The minimum Gasteiger partial charge on any atom is -0.496 e. The number of benzene rings is 2. The van der Waals surface area contributed by atoms with E-state index in [2.05, 4.69) is 20.6 Å². The summed E-state index contributed by atoms with van der Waals surface area (Å²) in [5, 5.41) is 7.34. The zero-order valence-electron chi connectivity index (χ0n) is 17.6. The Balaban J connectivity index is 1.44. The van der Waals surface area contributed by atoms with Gasteiger partial charge in [-0.05, 0) is 68.0 Å². The van der Waals surface area contributed by atoms with Crippen LogP contribution in [0, 0.1) is 0 Å². The number of anilines is 1. The van der Waals surface area contributed by atoms with Crippen molar-refractivity contribution in [2.45, 2.75) is 50.2 Å². The molecule has 0 saturated heterocycles. The zero-order valence-corrected chi connectivity index (χ0v) is 17.6. The first-order valence-corrected chi connectivity index (χ1v) is 10.9. The van der Waals surface area contributed by atoms with Gasteiger partial charge in [0.05, 0.1) is 12.6 Å². The monoisotopic (exact) mass is 417 g/mol. The van der Waals surface area contributed by atoms with Gasteiger partial charge in [0.25, 0.3) is 5.91 Å². The number of fused-ring (bicyclic) bond motifs is 1. The molecule has 2 aromatic carbocycles. The molecule has 31 heavy (non-hydrogen) atoms. The predicted octanol–water partition coefficient (Wildman–Crippen LogP) is 3.49. The van der Waals surface area contributed by atoms with Gasteiger partial charge >= 0.3 is 0 Å². The molecule has 2 unspecified atom stereocenters. The molecular formula is C24H27N5O2. The van der Waals surface area contributed by atoms with Gasteiger partial charge in [0.2, 0.25) is 5.95 Å². The molecule has 4 N–H and O–H groups in total. The Labute approximate surface area is 181 Å². The smallest absolute Gasteiger partial charge is 0.251 e. The first kappa shape index (κ1) is 19.8. The third kappa shape index (κ3) is 4.18. The van der Waals surface area contributed by atoms with Crippen molar-refractivity contribution in [1.82, 2.24) is 15.3 Å². The van der Waals surface area contributed by atoms with E-state index < -0.39 is 0 Å². The maximum Gasteiger partial charge on any atom is 0.251 e. The van der Waals surface area contributed by atoms with E-state index in [4.69, 9.17) is 10.5 Å². The van der Waals surface area contributed by atoms with Crippen LogP contribution >= 0.6 is 0 Å². The van der Waals surface area contributed by atoms with E-state index in [1.807, 2.05) is 36.5 Å². The van der Waals surface area contributed by atoms with E-state index in [0.717, 1.165) is 59.9 Å². The topological polar surface area (TPSA) is 102 Å². The maximum absolute atomic E-state index is 12.5. The van der Waals surface area contributed by atoms with E-state index in [1.54, 1.807) is 13.2 Å². The fraction of sp³-hybridized carbons (Fsp3) is 0.375. The van der Waals surface area contributed by atoms with Gasteiger partial charge in [0.15, 0.2) is 0 Å². The molecular weight excluding hydrogens is 390 g/mol. The first-order chi connectivity index (χ1) is 15.1. The van der Waals surface area contributed by atoms with Crippen molar-refractivity contribution in [2.75, 3.05) is 12.4 Å². The third-order valence-corrected chi connectivity index (χ3v) is 6.15. The number of ether oxygens (including phenoxy) is 1. The number of rotatable bonds is 6. The summed E-state index contributed by atoms with van der Waals surface area (Å²) in [4.78, 5) is 21.7. The van der Waals surface area contributed by atoms with Crippen LogP contribution < -0.4 is 21.1 Å². The summed E-state index contributed by atoms with van der Waals surface area (Å²) >= 11 is 0. The van der Waals surface area contributed by atoms with Crippen LogP contribution in [0.5, 0.6) is 5.75 Å². The minimum absolute atomic E-state index is 0.0450. The summed E-state index contributed by atoms with van der Waals surface area (Å²) < 4.78 is 5.56. The van der Waals surface area contributed by atoms with Crippen molar-refractivity contribution in [2.24, 2.45) is 5.73 Å².